The topological polar surface area (TPSA) is 61.4 Å². The molecule has 2 aromatic rings. The Bertz CT molecular complexity index is 862. The molecular weight excluding hydrogens is 357 g/mol. The van der Waals surface area contributed by atoms with Crippen LogP contribution in [0.2, 0.25) is 0 Å². The molecular formula is C21H24FN5O. The van der Waals surface area contributed by atoms with Crippen molar-refractivity contribution in [2.75, 3.05) is 33.2 Å². The molecule has 1 N–H and O–H groups in total. The van der Waals surface area contributed by atoms with E-state index in [0.29, 0.717) is 38.3 Å². The minimum absolute atomic E-state index is 0.0783. The minimum atomic E-state index is -0.289. The summed E-state index contributed by atoms with van der Waals surface area (Å²) < 4.78 is 13.1. The van der Waals surface area contributed by atoms with E-state index in [-0.39, 0.29) is 11.8 Å². The molecule has 2 heterocycles. The number of aromatic nitrogens is 2. The molecule has 1 aliphatic heterocycles. The van der Waals surface area contributed by atoms with Crippen molar-refractivity contribution in [3.05, 3.63) is 47.4 Å². The van der Waals surface area contributed by atoms with Crippen LogP contribution in [-0.2, 0) is 13.0 Å². The smallest absolute Gasteiger partial charge is 0.317 e. The Morgan fingerprint density at radius 3 is 2.89 bits per heavy atom. The summed E-state index contributed by atoms with van der Waals surface area (Å²) in [5.41, 5.74) is 3.36. The second-order valence-electron chi connectivity index (χ2n) is 6.91. The number of carbonyl (C=O) groups is 1. The van der Waals surface area contributed by atoms with Gasteiger partial charge in [-0.3, -0.25) is 4.90 Å². The molecule has 0 atom stereocenters. The van der Waals surface area contributed by atoms with Crippen LogP contribution < -0.4 is 5.32 Å². The summed E-state index contributed by atoms with van der Waals surface area (Å²) in [4.78, 5) is 16.3. The number of hydrogen-bond donors (Lipinski definition) is 1. The van der Waals surface area contributed by atoms with Crippen molar-refractivity contribution in [3.63, 3.8) is 0 Å². The molecule has 0 radical (unpaired) electrons. The van der Waals surface area contributed by atoms with Crippen molar-refractivity contribution in [3.8, 4) is 23.6 Å². The van der Waals surface area contributed by atoms with Gasteiger partial charge < -0.3 is 10.2 Å². The number of nitrogens with one attached hydrogen (secondary N) is 1. The van der Waals surface area contributed by atoms with Gasteiger partial charge >= 0.3 is 6.03 Å². The molecule has 0 spiro atoms. The van der Waals surface area contributed by atoms with E-state index in [2.05, 4.69) is 21.4 Å². The third-order valence-corrected chi connectivity index (χ3v) is 4.72. The van der Waals surface area contributed by atoms with E-state index in [0.717, 1.165) is 29.8 Å². The quantitative estimate of drug-likeness (QED) is 0.616. The molecule has 1 aliphatic rings. The van der Waals surface area contributed by atoms with Crippen LogP contribution in [0.15, 0.2) is 30.3 Å². The summed E-state index contributed by atoms with van der Waals surface area (Å²) in [7, 11) is 1.96. The predicted octanol–water partition coefficient (Wildman–Crippen LogP) is 2.31. The molecule has 0 fully saturated rings. The van der Waals surface area contributed by atoms with E-state index in [9.17, 15) is 9.18 Å². The normalized spacial score (nSPS) is 13.1. The van der Waals surface area contributed by atoms with Gasteiger partial charge in [0.25, 0.3) is 0 Å². The van der Waals surface area contributed by atoms with Crippen LogP contribution in [-0.4, -0.2) is 59.3 Å². The van der Waals surface area contributed by atoms with E-state index in [1.165, 1.54) is 12.1 Å². The Balaban J connectivity index is 1.57. The third-order valence-electron chi connectivity index (χ3n) is 4.72. The van der Waals surface area contributed by atoms with Crippen molar-refractivity contribution >= 4 is 6.03 Å². The molecule has 0 saturated heterocycles. The van der Waals surface area contributed by atoms with Crippen LogP contribution in [0.25, 0.3) is 11.3 Å². The van der Waals surface area contributed by atoms with Gasteiger partial charge in [-0.2, -0.15) is 10.2 Å². The maximum Gasteiger partial charge on any atom is 0.317 e. The predicted molar refractivity (Wildman–Crippen MR) is 106 cm³/mol. The van der Waals surface area contributed by atoms with Crippen LogP contribution in [0.4, 0.5) is 9.18 Å². The largest absolute Gasteiger partial charge is 0.338 e. The van der Waals surface area contributed by atoms with Crippen LogP contribution >= 0.6 is 0 Å². The highest BCUT2D eigenvalue weighted by Gasteiger charge is 2.22. The number of amides is 2. The highest BCUT2D eigenvalue weighted by atomic mass is 19.1. The van der Waals surface area contributed by atoms with Gasteiger partial charge in [0.05, 0.1) is 17.9 Å². The summed E-state index contributed by atoms with van der Waals surface area (Å²) in [5, 5.41) is 11.5. The molecule has 6 nitrogen and oxygen atoms in total. The monoisotopic (exact) mass is 381 g/mol. The van der Waals surface area contributed by atoms with E-state index in [4.69, 9.17) is 6.42 Å². The number of halogens is 1. The fraction of sp³-hybridized carbons (Fsp3) is 0.381. The first kappa shape index (κ1) is 19.8. The number of urea groups is 1. The Labute approximate surface area is 164 Å². The lowest BCUT2D eigenvalue weighted by atomic mass is 10.0. The van der Waals surface area contributed by atoms with Crippen molar-refractivity contribution in [2.24, 2.45) is 0 Å². The number of nitrogens with zero attached hydrogens (tertiary/aromatic N) is 4. The lowest BCUT2D eigenvalue weighted by Crippen LogP contribution is -2.43. The zero-order valence-corrected chi connectivity index (χ0v) is 16.0. The van der Waals surface area contributed by atoms with Crippen molar-refractivity contribution in [1.29, 1.82) is 0 Å². The molecule has 146 valence electrons. The molecule has 1 aromatic carbocycles. The second kappa shape index (κ2) is 9.29. The average Bonchev–Trinajstić information content (AvgIpc) is 2.71. The summed E-state index contributed by atoms with van der Waals surface area (Å²) in [6.07, 6.45) is 6.79. The van der Waals surface area contributed by atoms with E-state index < -0.39 is 0 Å². The number of fused-ring (bicyclic) bond motifs is 1. The maximum atomic E-state index is 13.1. The van der Waals surface area contributed by atoms with Crippen molar-refractivity contribution < 1.29 is 9.18 Å². The summed E-state index contributed by atoms with van der Waals surface area (Å²) in [6.45, 7) is 3.15. The Morgan fingerprint density at radius 1 is 1.36 bits per heavy atom. The van der Waals surface area contributed by atoms with Gasteiger partial charge in [-0.15, -0.1) is 6.42 Å². The molecule has 1 aromatic heterocycles. The molecule has 0 unspecified atom stereocenters. The van der Waals surface area contributed by atoms with Gasteiger partial charge in [0.2, 0.25) is 0 Å². The SMILES string of the molecule is C#CCN(C)CCCNC(=O)N1CCc2nnc(-c3ccc(F)cc3)cc2C1. The summed E-state index contributed by atoms with van der Waals surface area (Å²) in [6, 6.07) is 8.01. The molecule has 7 heteroatoms. The average molecular weight is 381 g/mol. The van der Waals surface area contributed by atoms with Gasteiger partial charge in [-0.05, 0) is 49.4 Å². The van der Waals surface area contributed by atoms with Crippen LogP contribution in [0.1, 0.15) is 17.7 Å². The van der Waals surface area contributed by atoms with Gasteiger partial charge in [0, 0.05) is 38.2 Å². The fourth-order valence-electron chi connectivity index (χ4n) is 3.15. The van der Waals surface area contributed by atoms with E-state index in [1.54, 1.807) is 17.0 Å². The van der Waals surface area contributed by atoms with Crippen molar-refractivity contribution in [2.45, 2.75) is 19.4 Å². The lowest BCUT2D eigenvalue weighted by Gasteiger charge is -2.28. The zero-order chi connectivity index (χ0) is 19.9. The second-order valence-corrected chi connectivity index (χ2v) is 6.91. The Kier molecular flexibility index (Phi) is 6.56. The molecule has 3 rings (SSSR count). The summed E-state index contributed by atoms with van der Waals surface area (Å²) in [5.74, 6) is 2.31. The maximum absolute atomic E-state index is 13.1. The fourth-order valence-corrected chi connectivity index (χ4v) is 3.15. The standard InChI is InChI=1S/C21H24FN5O/c1-3-11-26(2)12-4-10-23-21(28)27-13-9-19-17(15-27)14-20(25-24-19)16-5-7-18(22)8-6-16/h1,5-8,14H,4,9-13,15H2,2H3,(H,23,28). The molecule has 0 aliphatic carbocycles. The highest BCUT2D eigenvalue weighted by molar-refractivity contribution is 5.74. The first-order chi connectivity index (χ1) is 13.6. The number of terminal acetylenes is 1. The van der Waals surface area contributed by atoms with Gasteiger partial charge in [-0.25, -0.2) is 9.18 Å². The van der Waals surface area contributed by atoms with Gasteiger partial charge in [0.15, 0.2) is 0 Å². The first-order valence-corrected chi connectivity index (χ1v) is 9.33. The molecule has 2 amide bonds. The third kappa shape index (κ3) is 5.05. The van der Waals surface area contributed by atoms with Gasteiger partial charge in [0.1, 0.15) is 5.82 Å². The molecule has 0 saturated carbocycles. The molecule has 28 heavy (non-hydrogen) atoms. The number of carbonyl (C=O) groups excluding carboxylic acids is 1. The zero-order valence-electron chi connectivity index (χ0n) is 16.0. The van der Waals surface area contributed by atoms with Crippen LogP contribution in [0.3, 0.4) is 0 Å². The number of rotatable bonds is 6. The lowest BCUT2D eigenvalue weighted by molar-refractivity contribution is 0.191. The van der Waals surface area contributed by atoms with E-state index >= 15 is 0 Å². The van der Waals surface area contributed by atoms with Crippen molar-refractivity contribution in [1.82, 2.24) is 25.3 Å². The highest BCUT2D eigenvalue weighted by Crippen LogP contribution is 2.23. The Morgan fingerprint density at radius 2 is 2.14 bits per heavy atom. The van der Waals surface area contributed by atoms with Crippen LogP contribution in [0.5, 0.6) is 0 Å². The number of benzene rings is 1. The van der Waals surface area contributed by atoms with Gasteiger partial charge in [-0.1, -0.05) is 5.92 Å². The number of hydrogen-bond acceptors (Lipinski definition) is 4. The minimum Gasteiger partial charge on any atom is -0.338 e. The first-order valence-electron chi connectivity index (χ1n) is 9.33. The molecule has 0 bridgehead atoms. The summed E-state index contributed by atoms with van der Waals surface area (Å²) >= 11 is 0. The Hall–Kier alpha value is -2.98. The van der Waals surface area contributed by atoms with E-state index in [1.807, 2.05) is 18.0 Å². The van der Waals surface area contributed by atoms with Crippen LogP contribution in [0, 0.1) is 18.2 Å².